The Morgan fingerprint density at radius 2 is 1.95 bits per heavy atom. The summed E-state index contributed by atoms with van der Waals surface area (Å²) in [5.74, 6) is 1.14. The normalized spacial score (nSPS) is 13.0. The summed E-state index contributed by atoms with van der Waals surface area (Å²) < 4.78 is 0. The molecule has 0 aliphatic carbocycles. The molecule has 0 saturated heterocycles. The Morgan fingerprint density at radius 3 is 2.70 bits per heavy atom. The number of benzene rings is 1. The zero-order chi connectivity index (χ0) is 14.4. The largest absolute Gasteiger partial charge is 0.313 e. The lowest BCUT2D eigenvalue weighted by molar-refractivity contribution is 0.567. The van der Waals surface area contributed by atoms with Crippen molar-refractivity contribution >= 4 is 22.7 Å². The van der Waals surface area contributed by atoms with E-state index in [2.05, 4.69) is 62.5 Å². The van der Waals surface area contributed by atoms with Crippen LogP contribution in [0.1, 0.15) is 26.5 Å². The monoisotopic (exact) mass is 288 g/mol. The van der Waals surface area contributed by atoms with Crippen molar-refractivity contribution in [2.75, 3.05) is 12.3 Å². The minimum absolute atomic E-state index is 0.501. The quantitative estimate of drug-likeness (QED) is 0.836. The van der Waals surface area contributed by atoms with E-state index in [1.165, 1.54) is 11.1 Å². The van der Waals surface area contributed by atoms with Crippen LogP contribution in [-0.4, -0.2) is 28.6 Å². The molecule has 1 aromatic carbocycles. The second kappa shape index (κ2) is 7.65. The molecular formula is C17H24N2S. The van der Waals surface area contributed by atoms with E-state index in [9.17, 15) is 0 Å². The molecule has 2 aromatic rings. The summed E-state index contributed by atoms with van der Waals surface area (Å²) in [5, 5.41) is 5.47. The Kier molecular flexibility index (Phi) is 5.86. The highest BCUT2D eigenvalue weighted by atomic mass is 32.2. The number of fused-ring (bicyclic) bond motifs is 1. The molecule has 3 heteroatoms. The van der Waals surface area contributed by atoms with Gasteiger partial charge in [0, 0.05) is 29.3 Å². The molecule has 0 aliphatic heterocycles. The first-order valence-corrected chi connectivity index (χ1v) is 8.43. The molecule has 0 bridgehead atoms. The summed E-state index contributed by atoms with van der Waals surface area (Å²) in [6, 6.07) is 13.1. The van der Waals surface area contributed by atoms with Gasteiger partial charge in [-0.2, -0.15) is 11.8 Å². The number of nitrogens with one attached hydrogen (secondary N) is 1. The van der Waals surface area contributed by atoms with Gasteiger partial charge in [0.15, 0.2) is 0 Å². The van der Waals surface area contributed by atoms with Gasteiger partial charge in [0.1, 0.15) is 0 Å². The fourth-order valence-electron chi connectivity index (χ4n) is 2.26. The van der Waals surface area contributed by atoms with E-state index in [1.54, 1.807) is 0 Å². The van der Waals surface area contributed by atoms with E-state index in [0.29, 0.717) is 11.3 Å². The number of pyridine rings is 1. The average Bonchev–Trinajstić information content (AvgIpc) is 2.45. The SMILES string of the molecule is CCNC(CSC(C)C)Cc1ccc2ccccc2n1. The maximum absolute atomic E-state index is 4.78. The topological polar surface area (TPSA) is 24.9 Å². The van der Waals surface area contributed by atoms with E-state index >= 15 is 0 Å². The van der Waals surface area contributed by atoms with E-state index < -0.39 is 0 Å². The van der Waals surface area contributed by atoms with E-state index in [-0.39, 0.29) is 0 Å². The van der Waals surface area contributed by atoms with Crippen molar-refractivity contribution in [2.45, 2.75) is 38.5 Å². The fourth-order valence-corrected chi connectivity index (χ4v) is 3.11. The van der Waals surface area contributed by atoms with Crippen LogP contribution in [-0.2, 0) is 6.42 Å². The minimum Gasteiger partial charge on any atom is -0.313 e. The first kappa shape index (κ1) is 15.3. The second-order valence-corrected chi connectivity index (χ2v) is 6.95. The summed E-state index contributed by atoms with van der Waals surface area (Å²) in [6.45, 7) is 7.68. The van der Waals surface area contributed by atoms with Gasteiger partial charge in [-0.05, 0) is 23.9 Å². The number of aromatic nitrogens is 1. The third kappa shape index (κ3) is 4.50. The van der Waals surface area contributed by atoms with Crippen LogP contribution in [0.15, 0.2) is 36.4 Å². The van der Waals surface area contributed by atoms with Crippen molar-refractivity contribution in [1.29, 1.82) is 0 Å². The lowest BCUT2D eigenvalue weighted by atomic mass is 10.1. The third-order valence-electron chi connectivity index (χ3n) is 3.24. The lowest BCUT2D eigenvalue weighted by Crippen LogP contribution is -2.34. The van der Waals surface area contributed by atoms with Crippen LogP contribution in [0.2, 0.25) is 0 Å². The number of hydrogen-bond acceptors (Lipinski definition) is 3. The Morgan fingerprint density at radius 1 is 1.15 bits per heavy atom. The molecule has 2 rings (SSSR count). The molecule has 0 spiro atoms. The maximum Gasteiger partial charge on any atom is 0.0705 e. The number of nitrogens with zero attached hydrogens (tertiary/aromatic N) is 1. The number of thioether (sulfide) groups is 1. The van der Waals surface area contributed by atoms with Crippen LogP contribution >= 0.6 is 11.8 Å². The Bertz CT molecular complexity index is 539. The molecule has 0 amide bonds. The van der Waals surface area contributed by atoms with Crippen molar-refractivity contribution in [3.05, 3.63) is 42.1 Å². The molecule has 0 aliphatic rings. The molecule has 1 N–H and O–H groups in total. The van der Waals surface area contributed by atoms with Crippen molar-refractivity contribution in [1.82, 2.24) is 10.3 Å². The first-order valence-electron chi connectivity index (χ1n) is 7.38. The van der Waals surface area contributed by atoms with Gasteiger partial charge in [0.2, 0.25) is 0 Å². The zero-order valence-corrected chi connectivity index (χ0v) is 13.4. The van der Waals surface area contributed by atoms with Gasteiger partial charge in [0.05, 0.1) is 5.52 Å². The minimum atomic E-state index is 0.501. The molecule has 1 heterocycles. The second-order valence-electron chi connectivity index (χ2n) is 5.34. The van der Waals surface area contributed by atoms with Gasteiger partial charge >= 0.3 is 0 Å². The van der Waals surface area contributed by atoms with Crippen molar-refractivity contribution in [2.24, 2.45) is 0 Å². The van der Waals surface area contributed by atoms with Crippen LogP contribution in [0.4, 0.5) is 0 Å². The van der Waals surface area contributed by atoms with Gasteiger partial charge < -0.3 is 5.32 Å². The highest BCUT2D eigenvalue weighted by Gasteiger charge is 2.11. The average molecular weight is 288 g/mol. The van der Waals surface area contributed by atoms with Crippen LogP contribution < -0.4 is 5.32 Å². The standard InChI is InChI=1S/C17H24N2S/c1-4-18-16(12-20-13(2)3)11-15-10-9-14-7-5-6-8-17(14)19-15/h5-10,13,16,18H,4,11-12H2,1-3H3. The zero-order valence-electron chi connectivity index (χ0n) is 12.6. The maximum atomic E-state index is 4.78. The van der Waals surface area contributed by atoms with Crippen molar-refractivity contribution < 1.29 is 0 Å². The predicted molar refractivity (Wildman–Crippen MR) is 90.5 cm³/mol. The smallest absolute Gasteiger partial charge is 0.0705 e. The molecule has 20 heavy (non-hydrogen) atoms. The number of likely N-dealkylation sites (N-methyl/N-ethyl adjacent to an activating group) is 1. The highest BCUT2D eigenvalue weighted by Crippen LogP contribution is 2.16. The Hall–Kier alpha value is -1.06. The number of rotatable bonds is 7. The lowest BCUT2D eigenvalue weighted by Gasteiger charge is -2.18. The Balaban J connectivity index is 2.07. The highest BCUT2D eigenvalue weighted by molar-refractivity contribution is 7.99. The van der Waals surface area contributed by atoms with E-state index in [1.807, 2.05) is 11.8 Å². The molecule has 1 unspecified atom stereocenters. The van der Waals surface area contributed by atoms with E-state index in [4.69, 9.17) is 4.98 Å². The molecular weight excluding hydrogens is 264 g/mol. The molecule has 0 saturated carbocycles. The fraction of sp³-hybridized carbons (Fsp3) is 0.471. The molecule has 1 atom stereocenters. The van der Waals surface area contributed by atoms with Gasteiger partial charge in [0.25, 0.3) is 0 Å². The van der Waals surface area contributed by atoms with Crippen LogP contribution in [0.25, 0.3) is 10.9 Å². The molecule has 108 valence electrons. The summed E-state index contributed by atoms with van der Waals surface area (Å²) in [4.78, 5) is 4.78. The van der Waals surface area contributed by atoms with Gasteiger partial charge in [-0.1, -0.05) is 45.0 Å². The number of para-hydroxylation sites is 1. The van der Waals surface area contributed by atoms with E-state index in [0.717, 1.165) is 24.2 Å². The summed E-state index contributed by atoms with van der Waals surface area (Å²) in [5.41, 5.74) is 2.27. The number of hydrogen-bond donors (Lipinski definition) is 1. The van der Waals surface area contributed by atoms with Gasteiger partial charge in [-0.25, -0.2) is 0 Å². The molecule has 2 nitrogen and oxygen atoms in total. The predicted octanol–water partition coefficient (Wildman–Crippen LogP) is 3.90. The summed E-state index contributed by atoms with van der Waals surface area (Å²) in [6.07, 6.45) is 0.998. The summed E-state index contributed by atoms with van der Waals surface area (Å²) >= 11 is 2.01. The Labute approximate surface area is 126 Å². The molecule has 0 radical (unpaired) electrons. The first-order chi connectivity index (χ1) is 9.69. The molecule has 1 aromatic heterocycles. The molecule has 0 fully saturated rings. The van der Waals surface area contributed by atoms with Crippen molar-refractivity contribution in [3.63, 3.8) is 0 Å². The van der Waals surface area contributed by atoms with Gasteiger partial charge in [-0.3, -0.25) is 4.98 Å². The van der Waals surface area contributed by atoms with Crippen molar-refractivity contribution in [3.8, 4) is 0 Å². The van der Waals surface area contributed by atoms with Gasteiger partial charge in [-0.15, -0.1) is 0 Å². The summed E-state index contributed by atoms with van der Waals surface area (Å²) in [7, 11) is 0. The third-order valence-corrected chi connectivity index (χ3v) is 4.50. The van der Waals surface area contributed by atoms with Crippen LogP contribution in [0.5, 0.6) is 0 Å². The van der Waals surface area contributed by atoms with Crippen LogP contribution in [0, 0.1) is 0 Å². The van der Waals surface area contributed by atoms with Crippen LogP contribution in [0.3, 0.4) is 0 Å².